The third kappa shape index (κ3) is 4.46. The van der Waals surface area contributed by atoms with Gasteiger partial charge in [0.25, 0.3) is 0 Å². The molecule has 0 aromatic rings. The molecule has 2 unspecified atom stereocenters. The van der Waals surface area contributed by atoms with Crippen molar-refractivity contribution in [2.24, 2.45) is 5.92 Å². The molecule has 112 valence electrons. The Morgan fingerprint density at radius 1 is 1.11 bits per heavy atom. The lowest BCUT2D eigenvalue weighted by Gasteiger charge is -2.45. The third-order valence-corrected chi connectivity index (χ3v) is 5.06. The molecule has 1 aliphatic carbocycles. The van der Waals surface area contributed by atoms with Gasteiger partial charge in [-0.3, -0.25) is 4.90 Å². The van der Waals surface area contributed by atoms with Crippen molar-refractivity contribution in [3.63, 3.8) is 0 Å². The van der Waals surface area contributed by atoms with Crippen molar-refractivity contribution in [3.8, 4) is 0 Å². The summed E-state index contributed by atoms with van der Waals surface area (Å²) in [5, 5.41) is 3.79. The normalized spacial score (nSPS) is 31.6. The van der Waals surface area contributed by atoms with Gasteiger partial charge in [-0.2, -0.15) is 0 Å². The van der Waals surface area contributed by atoms with Crippen LogP contribution in [0.15, 0.2) is 0 Å². The van der Waals surface area contributed by atoms with Gasteiger partial charge in [-0.25, -0.2) is 0 Å². The van der Waals surface area contributed by atoms with E-state index in [2.05, 4.69) is 31.0 Å². The molecule has 0 radical (unpaired) electrons. The Balaban J connectivity index is 1.95. The van der Waals surface area contributed by atoms with Crippen LogP contribution in [-0.2, 0) is 0 Å². The fraction of sp³-hybridized carbons (Fsp3) is 1.00. The molecule has 0 bridgehead atoms. The van der Waals surface area contributed by atoms with Crippen LogP contribution in [0.4, 0.5) is 0 Å². The van der Waals surface area contributed by atoms with E-state index >= 15 is 0 Å². The van der Waals surface area contributed by atoms with Gasteiger partial charge in [-0.15, -0.1) is 0 Å². The minimum absolute atomic E-state index is 0.728. The fourth-order valence-electron chi connectivity index (χ4n) is 4.03. The van der Waals surface area contributed by atoms with Gasteiger partial charge in [0.15, 0.2) is 0 Å². The molecule has 0 spiro atoms. The number of nitrogens with zero attached hydrogens (tertiary/aromatic N) is 1. The zero-order valence-corrected chi connectivity index (χ0v) is 13.3. The van der Waals surface area contributed by atoms with Gasteiger partial charge >= 0.3 is 0 Å². The smallest absolute Gasteiger partial charge is 0.0221 e. The molecule has 1 saturated carbocycles. The standard InChI is InChI=1S/C17H34N2/c1-4-16-12-18-15(11-14(2)3)13-19(16)17-9-7-5-6-8-10-17/h14-18H,4-13H2,1-3H3. The second kappa shape index (κ2) is 7.64. The van der Waals surface area contributed by atoms with E-state index in [1.54, 1.807) is 0 Å². The molecule has 1 aliphatic heterocycles. The van der Waals surface area contributed by atoms with Gasteiger partial charge in [0.05, 0.1) is 0 Å². The summed E-state index contributed by atoms with van der Waals surface area (Å²) < 4.78 is 0. The lowest BCUT2D eigenvalue weighted by Crippen LogP contribution is -2.59. The van der Waals surface area contributed by atoms with Crippen LogP contribution < -0.4 is 5.32 Å². The molecule has 0 amide bonds. The second-order valence-electron chi connectivity index (χ2n) is 7.14. The molecule has 2 nitrogen and oxygen atoms in total. The summed E-state index contributed by atoms with van der Waals surface area (Å²) in [5.41, 5.74) is 0. The topological polar surface area (TPSA) is 15.3 Å². The molecular weight excluding hydrogens is 232 g/mol. The maximum absolute atomic E-state index is 3.79. The van der Waals surface area contributed by atoms with E-state index in [4.69, 9.17) is 0 Å². The van der Waals surface area contributed by atoms with Crippen LogP contribution in [-0.4, -0.2) is 36.1 Å². The fourth-order valence-corrected chi connectivity index (χ4v) is 4.03. The number of hydrogen-bond donors (Lipinski definition) is 1. The minimum atomic E-state index is 0.728. The van der Waals surface area contributed by atoms with Crippen molar-refractivity contribution in [1.29, 1.82) is 0 Å². The van der Waals surface area contributed by atoms with E-state index in [9.17, 15) is 0 Å². The van der Waals surface area contributed by atoms with Crippen LogP contribution in [0, 0.1) is 5.92 Å². The molecule has 19 heavy (non-hydrogen) atoms. The average Bonchev–Trinajstić information content (AvgIpc) is 2.66. The first-order chi connectivity index (χ1) is 9.20. The maximum Gasteiger partial charge on any atom is 0.0221 e. The van der Waals surface area contributed by atoms with Crippen molar-refractivity contribution in [3.05, 3.63) is 0 Å². The van der Waals surface area contributed by atoms with Gasteiger partial charge in [0.1, 0.15) is 0 Å². The molecule has 2 heteroatoms. The SMILES string of the molecule is CCC1CNC(CC(C)C)CN1C1CCCCCC1. The van der Waals surface area contributed by atoms with Crippen LogP contribution in [0.25, 0.3) is 0 Å². The highest BCUT2D eigenvalue weighted by Crippen LogP contribution is 2.26. The van der Waals surface area contributed by atoms with E-state index in [0.29, 0.717) is 0 Å². The van der Waals surface area contributed by atoms with Gasteiger partial charge in [-0.05, 0) is 31.6 Å². The third-order valence-electron chi connectivity index (χ3n) is 5.06. The first-order valence-corrected chi connectivity index (χ1v) is 8.69. The summed E-state index contributed by atoms with van der Waals surface area (Å²) in [7, 11) is 0. The summed E-state index contributed by atoms with van der Waals surface area (Å²) in [6.45, 7) is 9.57. The van der Waals surface area contributed by atoms with E-state index in [0.717, 1.165) is 24.0 Å². The average molecular weight is 266 g/mol. The predicted molar refractivity (Wildman–Crippen MR) is 83.5 cm³/mol. The Kier molecular flexibility index (Phi) is 6.15. The monoisotopic (exact) mass is 266 g/mol. The van der Waals surface area contributed by atoms with Gasteiger partial charge in [-0.1, -0.05) is 46.5 Å². The zero-order chi connectivity index (χ0) is 13.7. The van der Waals surface area contributed by atoms with E-state index < -0.39 is 0 Å². The first-order valence-electron chi connectivity index (χ1n) is 8.69. The molecule has 0 aromatic carbocycles. The molecule has 1 N–H and O–H groups in total. The molecule has 2 rings (SSSR count). The van der Waals surface area contributed by atoms with Crippen LogP contribution in [0.5, 0.6) is 0 Å². The Hall–Kier alpha value is -0.0800. The van der Waals surface area contributed by atoms with Crippen molar-refractivity contribution < 1.29 is 0 Å². The van der Waals surface area contributed by atoms with Crippen LogP contribution in [0.2, 0.25) is 0 Å². The zero-order valence-electron chi connectivity index (χ0n) is 13.3. The first kappa shape index (κ1) is 15.3. The Bertz CT molecular complexity index is 244. The Labute approximate surface area is 120 Å². The number of piperazine rings is 1. The molecule has 0 aromatic heterocycles. The van der Waals surface area contributed by atoms with Crippen molar-refractivity contribution in [2.45, 2.75) is 90.3 Å². The highest BCUT2D eigenvalue weighted by atomic mass is 15.3. The lowest BCUT2D eigenvalue weighted by molar-refractivity contribution is 0.0656. The van der Waals surface area contributed by atoms with Gasteiger partial charge in [0.2, 0.25) is 0 Å². The number of hydrogen-bond acceptors (Lipinski definition) is 2. The van der Waals surface area contributed by atoms with E-state index in [1.807, 2.05) is 0 Å². The lowest BCUT2D eigenvalue weighted by atomic mass is 9.95. The summed E-state index contributed by atoms with van der Waals surface area (Å²) in [6.07, 6.45) is 11.4. The van der Waals surface area contributed by atoms with Crippen molar-refractivity contribution >= 4 is 0 Å². The van der Waals surface area contributed by atoms with Crippen LogP contribution in [0.1, 0.15) is 72.1 Å². The molecule has 2 aliphatic rings. The molecular formula is C17H34N2. The summed E-state index contributed by atoms with van der Waals surface area (Å²) in [4.78, 5) is 2.88. The molecule has 2 atom stereocenters. The quantitative estimate of drug-likeness (QED) is 0.779. The summed E-state index contributed by atoms with van der Waals surface area (Å²) in [5.74, 6) is 0.812. The molecule has 1 heterocycles. The van der Waals surface area contributed by atoms with Gasteiger partial charge in [0, 0.05) is 31.2 Å². The predicted octanol–water partition coefficient (Wildman–Crippen LogP) is 3.81. The Morgan fingerprint density at radius 2 is 1.79 bits per heavy atom. The van der Waals surface area contributed by atoms with Crippen LogP contribution >= 0.6 is 0 Å². The maximum atomic E-state index is 3.79. The van der Waals surface area contributed by atoms with Crippen molar-refractivity contribution in [1.82, 2.24) is 10.2 Å². The van der Waals surface area contributed by atoms with E-state index in [1.165, 1.54) is 64.5 Å². The summed E-state index contributed by atoms with van der Waals surface area (Å²) in [6, 6.07) is 2.39. The highest BCUT2D eigenvalue weighted by molar-refractivity contribution is 4.90. The largest absolute Gasteiger partial charge is 0.311 e. The highest BCUT2D eigenvalue weighted by Gasteiger charge is 2.32. The van der Waals surface area contributed by atoms with E-state index in [-0.39, 0.29) is 0 Å². The van der Waals surface area contributed by atoms with Gasteiger partial charge < -0.3 is 5.32 Å². The summed E-state index contributed by atoms with van der Waals surface area (Å²) >= 11 is 0. The number of rotatable bonds is 4. The molecule has 2 fully saturated rings. The Morgan fingerprint density at radius 3 is 2.37 bits per heavy atom. The number of nitrogens with one attached hydrogen (secondary N) is 1. The van der Waals surface area contributed by atoms with Crippen molar-refractivity contribution in [2.75, 3.05) is 13.1 Å². The van der Waals surface area contributed by atoms with Crippen LogP contribution in [0.3, 0.4) is 0 Å². The second-order valence-corrected chi connectivity index (χ2v) is 7.14. The minimum Gasteiger partial charge on any atom is -0.311 e. The molecule has 1 saturated heterocycles.